The van der Waals surface area contributed by atoms with E-state index >= 15 is 0 Å². The van der Waals surface area contributed by atoms with Crippen LogP contribution in [0.4, 0.5) is 0 Å². The molecule has 2 rings (SSSR count). The normalized spacial score (nSPS) is 16.8. The van der Waals surface area contributed by atoms with E-state index in [-0.39, 0.29) is 35.6 Å². The highest BCUT2D eigenvalue weighted by Crippen LogP contribution is 2.32. The van der Waals surface area contributed by atoms with Gasteiger partial charge in [0.25, 0.3) is 0 Å². The number of rotatable bonds is 5. The lowest BCUT2D eigenvalue weighted by molar-refractivity contribution is -0.146. The maximum Gasteiger partial charge on any atom is 0.308 e. The predicted octanol–water partition coefficient (Wildman–Crippen LogP) is 1.28. The Morgan fingerprint density at radius 2 is 1.78 bits per heavy atom. The third-order valence-electron chi connectivity index (χ3n) is 3.98. The number of carbonyl (C=O) groups is 1. The van der Waals surface area contributed by atoms with Gasteiger partial charge in [-0.3, -0.25) is 4.79 Å². The van der Waals surface area contributed by atoms with E-state index in [0.717, 1.165) is 0 Å². The minimum absolute atomic E-state index is 0.0656. The number of nitrogens with zero attached hydrogens (tertiary/aromatic N) is 1. The number of hydrogen-bond donors (Lipinski definition) is 0. The number of benzene rings is 1. The number of ether oxygens (including phenoxy) is 3. The summed E-state index contributed by atoms with van der Waals surface area (Å²) in [5.41, 5.74) is 0. The van der Waals surface area contributed by atoms with Crippen molar-refractivity contribution in [3.8, 4) is 11.5 Å². The summed E-state index contributed by atoms with van der Waals surface area (Å²) in [6.07, 6.45) is 0.885. The Balaban J connectivity index is 2.24. The van der Waals surface area contributed by atoms with Crippen LogP contribution in [0.5, 0.6) is 11.5 Å². The molecule has 8 heteroatoms. The van der Waals surface area contributed by atoms with Gasteiger partial charge < -0.3 is 14.2 Å². The van der Waals surface area contributed by atoms with E-state index in [4.69, 9.17) is 14.2 Å². The molecule has 1 saturated heterocycles. The van der Waals surface area contributed by atoms with E-state index in [1.807, 2.05) is 0 Å². The second-order valence-corrected chi connectivity index (χ2v) is 7.12. The molecule has 0 spiro atoms. The van der Waals surface area contributed by atoms with Gasteiger partial charge in [0.1, 0.15) is 16.4 Å². The molecular formula is C15H21NO6S. The lowest BCUT2D eigenvalue weighted by Gasteiger charge is -2.30. The number of sulfonamides is 1. The van der Waals surface area contributed by atoms with Crippen LogP contribution in [0.15, 0.2) is 23.1 Å². The first-order valence-electron chi connectivity index (χ1n) is 7.24. The van der Waals surface area contributed by atoms with E-state index in [2.05, 4.69) is 0 Å². The maximum absolute atomic E-state index is 12.9. The second kappa shape index (κ2) is 7.18. The summed E-state index contributed by atoms with van der Waals surface area (Å²) in [5.74, 6) is 0.161. The Morgan fingerprint density at radius 3 is 2.30 bits per heavy atom. The smallest absolute Gasteiger partial charge is 0.308 e. The summed E-state index contributed by atoms with van der Waals surface area (Å²) in [6, 6.07) is 4.65. The number of methoxy groups -OCH3 is 3. The molecule has 0 aliphatic carbocycles. The molecule has 7 nitrogen and oxygen atoms in total. The van der Waals surface area contributed by atoms with E-state index in [1.165, 1.54) is 31.7 Å². The minimum atomic E-state index is -3.72. The van der Waals surface area contributed by atoms with Crippen molar-refractivity contribution in [3.63, 3.8) is 0 Å². The molecule has 1 aliphatic rings. The van der Waals surface area contributed by atoms with Crippen LogP contribution in [0.3, 0.4) is 0 Å². The van der Waals surface area contributed by atoms with Gasteiger partial charge in [-0.15, -0.1) is 0 Å². The highest BCUT2D eigenvalue weighted by atomic mass is 32.2. The SMILES string of the molecule is COC(=O)C1CCN(S(=O)(=O)c2cc(OC)ccc2OC)CC1. The molecule has 0 unspecified atom stereocenters. The Bertz CT molecular complexity index is 665. The van der Waals surface area contributed by atoms with Crippen molar-refractivity contribution in [2.45, 2.75) is 17.7 Å². The average molecular weight is 343 g/mol. The van der Waals surface area contributed by atoms with Crippen LogP contribution in [0.2, 0.25) is 0 Å². The van der Waals surface area contributed by atoms with Gasteiger partial charge in [0.05, 0.1) is 27.2 Å². The van der Waals surface area contributed by atoms with Gasteiger partial charge in [-0.05, 0) is 25.0 Å². The van der Waals surface area contributed by atoms with E-state index in [1.54, 1.807) is 12.1 Å². The number of piperidine rings is 1. The second-order valence-electron chi connectivity index (χ2n) is 5.22. The van der Waals surface area contributed by atoms with E-state index in [0.29, 0.717) is 18.6 Å². The van der Waals surface area contributed by atoms with Gasteiger partial charge in [-0.2, -0.15) is 4.31 Å². The number of hydrogen-bond acceptors (Lipinski definition) is 6. The standard InChI is InChI=1S/C15H21NO6S/c1-20-12-4-5-13(21-2)14(10-12)23(18,19)16-8-6-11(7-9-16)15(17)22-3/h4-5,10-11H,6-9H2,1-3H3. The molecule has 0 radical (unpaired) electrons. The molecular weight excluding hydrogens is 322 g/mol. The van der Waals surface area contributed by atoms with Crippen molar-refractivity contribution < 1.29 is 27.4 Å². The van der Waals surface area contributed by atoms with Crippen molar-refractivity contribution in [2.24, 2.45) is 5.92 Å². The Morgan fingerprint density at radius 1 is 1.13 bits per heavy atom. The highest BCUT2D eigenvalue weighted by Gasteiger charge is 2.34. The zero-order valence-corrected chi connectivity index (χ0v) is 14.3. The Hall–Kier alpha value is -1.80. The van der Waals surface area contributed by atoms with E-state index < -0.39 is 10.0 Å². The monoisotopic (exact) mass is 343 g/mol. The maximum atomic E-state index is 12.9. The molecule has 0 bridgehead atoms. The first kappa shape index (κ1) is 17.6. The molecule has 1 heterocycles. The summed E-state index contributed by atoms with van der Waals surface area (Å²) < 4.78 is 42.1. The van der Waals surface area contributed by atoms with E-state index in [9.17, 15) is 13.2 Å². The first-order valence-corrected chi connectivity index (χ1v) is 8.68. The number of esters is 1. The molecule has 23 heavy (non-hydrogen) atoms. The molecule has 0 amide bonds. The van der Waals surface area contributed by atoms with Crippen LogP contribution < -0.4 is 9.47 Å². The quantitative estimate of drug-likeness (QED) is 0.749. The molecule has 0 aromatic heterocycles. The molecule has 0 N–H and O–H groups in total. The van der Waals surface area contributed by atoms with Gasteiger partial charge >= 0.3 is 5.97 Å². The third-order valence-corrected chi connectivity index (χ3v) is 5.90. The molecule has 1 aromatic carbocycles. The summed E-state index contributed by atoms with van der Waals surface area (Å²) >= 11 is 0. The average Bonchev–Trinajstić information content (AvgIpc) is 2.60. The summed E-state index contributed by atoms with van der Waals surface area (Å²) in [4.78, 5) is 11.6. The zero-order valence-electron chi connectivity index (χ0n) is 13.4. The van der Waals surface area contributed by atoms with Crippen LogP contribution in [0.1, 0.15) is 12.8 Å². The Kier molecular flexibility index (Phi) is 5.48. The number of carbonyl (C=O) groups excluding carboxylic acids is 1. The summed E-state index contributed by atoms with van der Waals surface area (Å²) in [5, 5.41) is 0. The van der Waals surface area contributed by atoms with Crippen LogP contribution >= 0.6 is 0 Å². The fourth-order valence-electron chi connectivity index (χ4n) is 2.62. The molecule has 1 aromatic rings. The van der Waals surface area contributed by atoms with Crippen LogP contribution in [-0.4, -0.2) is 53.1 Å². The van der Waals surface area contributed by atoms with Gasteiger partial charge in [0.2, 0.25) is 10.0 Å². The van der Waals surface area contributed by atoms with Crippen molar-refractivity contribution in [1.82, 2.24) is 4.31 Å². The van der Waals surface area contributed by atoms with Crippen LogP contribution in [0.25, 0.3) is 0 Å². The van der Waals surface area contributed by atoms with Crippen LogP contribution in [0, 0.1) is 5.92 Å². The topological polar surface area (TPSA) is 82.1 Å². The highest BCUT2D eigenvalue weighted by molar-refractivity contribution is 7.89. The first-order chi connectivity index (χ1) is 10.9. The molecule has 1 fully saturated rings. The molecule has 0 saturated carbocycles. The third kappa shape index (κ3) is 3.59. The van der Waals surface area contributed by atoms with Crippen molar-refractivity contribution in [2.75, 3.05) is 34.4 Å². The summed E-state index contributed by atoms with van der Waals surface area (Å²) in [6.45, 7) is 0.533. The van der Waals surface area contributed by atoms with Crippen molar-refractivity contribution in [3.05, 3.63) is 18.2 Å². The fraction of sp³-hybridized carbons (Fsp3) is 0.533. The van der Waals surface area contributed by atoms with Gasteiger partial charge in [-0.25, -0.2) is 8.42 Å². The van der Waals surface area contributed by atoms with Crippen molar-refractivity contribution in [1.29, 1.82) is 0 Å². The van der Waals surface area contributed by atoms with Gasteiger partial charge in [-0.1, -0.05) is 0 Å². The zero-order chi connectivity index (χ0) is 17.0. The molecule has 0 atom stereocenters. The predicted molar refractivity (Wildman–Crippen MR) is 83.0 cm³/mol. The largest absolute Gasteiger partial charge is 0.497 e. The molecule has 128 valence electrons. The molecule has 1 aliphatic heterocycles. The van der Waals surface area contributed by atoms with Gasteiger partial charge in [0, 0.05) is 19.2 Å². The lowest BCUT2D eigenvalue weighted by atomic mass is 9.99. The Labute approximate surface area is 136 Å². The van der Waals surface area contributed by atoms with Crippen molar-refractivity contribution >= 4 is 16.0 Å². The lowest BCUT2D eigenvalue weighted by Crippen LogP contribution is -2.40. The van der Waals surface area contributed by atoms with Gasteiger partial charge in [0.15, 0.2) is 0 Å². The van der Waals surface area contributed by atoms with Crippen LogP contribution in [-0.2, 0) is 19.6 Å². The fourth-order valence-corrected chi connectivity index (χ4v) is 4.26. The summed E-state index contributed by atoms with van der Waals surface area (Å²) in [7, 11) is 0.516. The minimum Gasteiger partial charge on any atom is -0.497 e.